The molecule has 0 radical (unpaired) electrons. The Morgan fingerprint density at radius 1 is 1.45 bits per heavy atom. The highest BCUT2D eigenvalue weighted by atomic mass is 32.1. The lowest BCUT2D eigenvalue weighted by molar-refractivity contribution is 0.0972. The number of nitrogen functional groups attached to an aromatic ring is 1. The topological polar surface area (TPSA) is 64.3 Å². The third-order valence-corrected chi connectivity index (χ3v) is 5.10. The largest absolute Gasteiger partial charge is 0.397 e. The van der Waals surface area contributed by atoms with E-state index in [9.17, 15) is 4.79 Å². The average Bonchev–Trinajstić information content (AvgIpc) is 3.27. The van der Waals surface area contributed by atoms with E-state index in [0.29, 0.717) is 12.5 Å². The first-order valence-electron chi connectivity index (χ1n) is 7.33. The predicted molar refractivity (Wildman–Crippen MR) is 82.7 cm³/mol. The van der Waals surface area contributed by atoms with Gasteiger partial charge in [-0.15, -0.1) is 11.3 Å². The minimum Gasteiger partial charge on any atom is -0.397 e. The Labute approximate surface area is 123 Å². The molecule has 1 atom stereocenters. The maximum atomic E-state index is 12.3. The Bertz CT molecular complexity index is 518. The molecule has 2 aliphatic rings. The zero-order chi connectivity index (χ0) is 14.3. The van der Waals surface area contributed by atoms with E-state index in [1.807, 2.05) is 0 Å². The van der Waals surface area contributed by atoms with Gasteiger partial charge in [0.1, 0.15) is 0 Å². The molecule has 1 aromatic rings. The highest BCUT2D eigenvalue weighted by Crippen LogP contribution is 2.52. The maximum absolute atomic E-state index is 12.3. The number of ketones is 1. The van der Waals surface area contributed by atoms with Crippen LogP contribution in [0, 0.1) is 5.92 Å². The summed E-state index contributed by atoms with van der Waals surface area (Å²) in [5, 5.41) is 4.55. The predicted octanol–water partition coefficient (Wildman–Crippen LogP) is 3.25. The summed E-state index contributed by atoms with van der Waals surface area (Å²) in [7, 11) is 1.70. The minimum absolute atomic E-state index is 0.222. The van der Waals surface area contributed by atoms with Crippen LogP contribution in [0.25, 0.3) is 0 Å². The van der Waals surface area contributed by atoms with Crippen molar-refractivity contribution < 1.29 is 9.53 Å². The summed E-state index contributed by atoms with van der Waals surface area (Å²) in [5.74, 6) is 1.03. The van der Waals surface area contributed by atoms with Crippen molar-refractivity contribution in [3.63, 3.8) is 0 Å². The molecule has 1 aromatic heterocycles. The molecule has 2 fully saturated rings. The van der Waals surface area contributed by atoms with E-state index in [1.165, 1.54) is 18.4 Å². The fourth-order valence-electron chi connectivity index (χ4n) is 2.57. The van der Waals surface area contributed by atoms with Crippen molar-refractivity contribution in [1.29, 1.82) is 0 Å². The zero-order valence-electron chi connectivity index (χ0n) is 12.1. The molecule has 3 rings (SSSR count). The molecule has 0 aliphatic heterocycles. The molecule has 20 heavy (non-hydrogen) atoms. The third kappa shape index (κ3) is 2.69. The fraction of sp³-hybridized carbons (Fsp3) is 0.667. The SMILES string of the molecule is COCC(C)Nc1sc(C(=O)C2CC2)c(N)c1C1CC1. The van der Waals surface area contributed by atoms with Gasteiger partial charge < -0.3 is 15.8 Å². The molecule has 1 unspecified atom stereocenters. The molecule has 1 heterocycles. The van der Waals surface area contributed by atoms with Gasteiger partial charge in [0.15, 0.2) is 5.78 Å². The number of rotatable bonds is 7. The zero-order valence-corrected chi connectivity index (χ0v) is 12.9. The van der Waals surface area contributed by atoms with Crippen LogP contribution in [-0.2, 0) is 4.74 Å². The normalized spacial score (nSPS) is 19.9. The number of hydrogen-bond donors (Lipinski definition) is 2. The van der Waals surface area contributed by atoms with Crippen LogP contribution in [0.4, 0.5) is 10.7 Å². The van der Waals surface area contributed by atoms with Gasteiger partial charge in [-0.3, -0.25) is 4.79 Å². The van der Waals surface area contributed by atoms with Crippen LogP contribution in [0.15, 0.2) is 0 Å². The van der Waals surface area contributed by atoms with Gasteiger partial charge in [-0.2, -0.15) is 0 Å². The van der Waals surface area contributed by atoms with Crippen LogP contribution in [0.2, 0.25) is 0 Å². The van der Waals surface area contributed by atoms with E-state index < -0.39 is 0 Å². The second-order valence-electron chi connectivity index (χ2n) is 6.00. The number of ether oxygens (including phenoxy) is 1. The van der Waals surface area contributed by atoms with E-state index >= 15 is 0 Å². The molecule has 2 aliphatic carbocycles. The first-order valence-corrected chi connectivity index (χ1v) is 8.15. The molecule has 0 saturated heterocycles. The number of methoxy groups -OCH3 is 1. The van der Waals surface area contributed by atoms with Gasteiger partial charge in [0, 0.05) is 24.6 Å². The standard InChI is InChI=1S/C15H22N2O2S/c1-8(7-19-2)17-15-11(9-3-4-9)12(16)14(20-15)13(18)10-5-6-10/h8-10,17H,3-7,16H2,1-2H3. The molecular weight excluding hydrogens is 272 g/mol. The number of hydrogen-bond acceptors (Lipinski definition) is 5. The maximum Gasteiger partial charge on any atom is 0.178 e. The highest BCUT2D eigenvalue weighted by Gasteiger charge is 2.37. The van der Waals surface area contributed by atoms with E-state index in [-0.39, 0.29) is 17.7 Å². The summed E-state index contributed by atoms with van der Waals surface area (Å²) >= 11 is 1.54. The molecule has 3 N–H and O–H groups in total. The quantitative estimate of drug-likeness (QED) is 0.758. The summed E-state index contributed by atoms with van der Waals surface area (Å²) in [4.78, 5) is 13.1. The smallest absolute Gasteiger partial charge is 0.178 e. The van der Waals surface area contributed by atoms with Crippen LogP contribution < -0.4 is 11.1 Å². The summed E-state index contributed by atoms with van der Waals surface area (Å²) in [6.45, 7) is 2.73. The number of anilines is 2. The number of nitrogens with one attached hydrogen (secondary N) is 1. The second-order valence-corrected chi connectivity index (χ2v) is 7.02. The molecule has 0 spiro atoms. The Morgan fingerprint density at radius 2 is 2.15 bits per heavy atom. The molecule has 5 heteroatoms. The number of carbonyl (C=O) groups is 1. The minimum atomic E-state index is 0.222. The molecule has 0 bridgehead atoms. The summed E-state index contributed by atoms with van der Waals surface area (Å²) in [6.07, 6.45) is 4.42. The summed E-state index contributed by atoms with van der Waals surface area (Å²) < 4.78 is 5.17. The lowest BCUT2D eigenvalue weighted by Crippen LogP contribution is -2.20. The van der Waals surface area contributed by atoms with Crippen LogP contribution in [0.3, 0.4) is 0 Å². The van der Waals surface area contributed by atoms with Crippen LogP contribution in [0.5, 0.6) is 0 Å². The van der Waals surface area contributed by atoms with Crippen molar-refractivity contribution in [3.05, 3.63) is 10.4 Å². The molecular formula is C15H22N2O2S. The van der Waals surface area contributed by atoms with Gasteiger partial charge in [-0.25, -0.2) is 0 Å². The van der Waals surface area contributed by atoms with E-state index in [4.69, 9.17) is 10.5 Å². The average molecular weight is 294 g/mol. The van der Waals surface area contributed by atoms with Crippen molar-refractivity contribution in [2.24, 2.45) is 5.92 Å². The fourth-order valence-corrected chi connectivity index (χ4v) is 3.91. The number of thiophene rings is 1. The first kappa shape index (κ1) is 13.9. The van der Waals surface area contributed by atoms with Crippen LogP contribution in [0.1, 0.15) is 53.8 Å². The monoisotopic (exact) mass is 294 g/mol. The van der Waals surface area contributed by atoms with Crippen LogP contribution >= 0.6 is 11.3 Å². The van der Waals surface area contributed by atoms with Crippen molar-refractivity contribution >= 4 is 27.8 Å². The molecule has 4 nitrogen and oxygen atoms in total. The van der Waals surface area contributed by atoms with Gasteiger partial charge in [0.25, 0.3) is 0 Å². The van der Waals surface area contributed by atoms with Crippen molar-refractivity contribution in [1.82, 2.24) is 0 Å². The number of nitrogens with two attached hydrogens (primary N) is 1. The van der Waals surface area contributed by atoms with Crippen LogP contribution in [-0.4, -0.2) is 25.5 Å². The number of Topliss-reactive ketones (excluding diaryl/α,β-unsaturated/α-hetero) is 1. The highest BCUT2D eigenvalue weighted by molar-refractivity contribution is 7.19. The van der Waals surface area contributed by atoms with E-state index in [0.717, 1.165) is 28.4 Å². The molecule has 110 valence electrons. The van der Waals surface area contributed by atoms with Gasteiger partial charge in [0.2, 0.25) is 0 Å². The summed E-state index contributed by atoms with van der Waals surface area (Å²) in [5.41, 5.74) is 8.20. The van der Waals surface area contributed by atoms with Gasteiger partial charge in [-0.05, 0) is 38.5 Å². The van der Waals surface area contributed by atoms with E-state index in [1.54, 1.807) is 18.4 Å². The van der Waals surface area contributed by atoms with Gasteiger partial charge in [0.05, 0.1) is 22.2 Å². The van der Waals surface area contributed by atoms with Crippen molar-refractivity contribution in [2.75, 3.05) is 24.8 Å². The summed E-state index contributed by atoms with van der Waals surface area (Å²) in [6, 6.07) is 0.222. The molecule has 2 saturated carbocycles. The third-order valence-electron chi connectivity index (χ3n) is 3.94. The Morgan fingerprint density at radius 3 is 2.70 bits per heavy atom. The van der Waals surface area contributed by atoms with Crippen molar-refractivity contribution in [3.8, 4) is 0 Å². The Kier molecular flexibility index (Phi) is 3.73. The Balaban J connectivity index is 1.87. The van der Waals surface area contributed by atoms with Crippen molar-refractivity contribution in [2.45, 2.75) is 44.6 Å². The lowest BCUT2D eigenvalue weighted by atomic mass is 10.1. The van der Waals surface area contributed by atoms with Gasteiger partial charge in [-0.1, -0.05) is 0 Å². The first-order chi connectivity index (χ1) is 9.61. The van der Waals surface area contributed by atoms with Gasteiger partial charge >= 0.3 is 0 Å². The van der Waals surface area contributed by atoms with E-state index in [2.05, 4.69) is 12.2 Å². The molecule has 0 aromatic carbocycles. The molecule has 0 amide bonds. The Hall–Kier alpha value is -1.07. The lowest BCUT2D eigenvalue weighted by Gasteiger charge is -2.14. The second kappa shape index (κ2) is 5.37. The number of carbonyl (C=O) groups excluding carboxylic acids is 1.